The summed E-state index contributed by atoms with van der Waals surface area (Å²) in [6, 6.07) is 12.4. The Hall–Kier alpha value is -3.42. The monoisotopic (exact) mass is 369 g/mol. The first-order chi connectivity index (χ1) is 13.0. The number of carbonyl (C=O) groups is 2. The van der Waals surface area contributed by atoms with Crippen LogP contribution in [0.4, 0.5) is 11.4 Å². The highest BCUT2D eigenvalue weighted by atomic mass is 16.6. The molecule has 0 saturated heterocycles. The molecule has 0 bridgehead atoms. The zero-order valence-corrected chi connectivity index (χ0v) is 14.8. The number of hydrogen-bond acceptors (Lipinski definition) is 5. The molecule has 0 unspecified atom stereocenters. The number of fused-ring (bicyclic) bond motifs is 1. The minimum atomic E-state index is -0.826. The van der Waals surface area contributed by atoms with Crippen molar-refractivity contribution < 1.29 is 19.2 Å². The van der Waals surface area contributed by atoms with Crippen LogP contribution in [0.15, 0.2) is 48.5 Å². The second-order valence-corrected chi connectivity index (χ2v) is 6.08. The fourth-order valence-electron chi connectivity index (χ4n) is 2.81. The van der Waals surface area contributed by atoms with Crippen LogP contribution in [-0.4, -0.2) is 35.9 Å². The van der Waals surface area contributed by atoms with Crippen molar-refractivity contribution >= 4 is 23.2 Å². The maximum Gasteiger partial charge on any atom is 0.269 e. The summed E-state index contributed by atoms with van der Waals surface area (Å²) in [5.41, 5.74) is 0.760. The molecule has 2 aromatic rings. The first-order valence-corrected chi connectivity index (χ1v) is 8.61. The van der Waals surface area contributed by atoms with Crippen LogP contribution in [0, 0.1) is 10.1 Å². The number of anilines is 1. The maximum absolute atomic E-state index is 13.0. The Balaban J connectivity index is 1.88. The van der Waals surface area contributed by atoms with Crippen LogP contribution in [0.5, 0.6) is 5.75 Å². The second kappa shape index (κ2) is 7.86. The van der Waals surface area contributed by atoms with Gasteiger partial charge in [0, 0.05) is 24.2 Å². The minimum Gasteiger partial charge on any atom is -0.477 e. The van der Waals surface area contributed by atoms with Crippen molar-refractivity contribution in [1.29, 1.82) is 0 Å². The molecule has 8 heteroatoms. The lowest BCUT2D eigenvalue weighted by atomic mass is 10.1. The Morgan fingerprint density at radius 1 is 1.22 bits per heavy atom. The largest absolute Gasteiger partial charge is 0.477 e. The standard InChI is InChI=1S/C19H19N3O5/c1-2-11-20-18(23)17-12-21(15-5-3-4-6-16(15)27-17)19(24)13-7-9-14(10-8-13)22(25)26/h3-10,17H,2,11-12H2,1H3,(H,20,23)/t17-/m1/s1. The van der Waals surface area contributed by atoms with Gasteiger partial charge in [-0.1, -0.05) is 19.1 Å². The van der Waals surface area contributed by atoms with E-state index in [1.807, 2.05) is 6.92 Å². The fourth-order valence-corrected chi connectivity index (χ4v) is 2.81. The van der Waals surface area contributed by atoms with Crippen molar-refractivity contribution in [2.24, 2.45) is 0 Å². The van der Waals surface area contributed by atoms with Crippen molar-refractivity contribution in [3.8, 4) is 5.75 Å². The van der Waals surface area contributed by atoms with Crippen molar-refractivity contribution in [1.82, 2.24) is 5.32 Å². The van der Waals surface area contributed by atoms with E-state index in [1.54, 1.807) is 24.3 Å². The van der Waals surface area contributed by atoms with Crippen molar-refractivity contribution in [3.63, 3.8) is 0 Å². The van der Waals surface area contributed by atoms with Crippen LogP contribution in [-0.2, 0) is 4.79 Å². The number of nitrogens with one attached hydrogen (secondary N) is 1. The molecule has 8 nitrogen and oxygen atoms in total. The number of carbonyl (C=O) groups excluding carboxylic acids is 2. The second-order valence-electron chi connectivity index (χ2n) is 6.08. The third kappa shape index (κ3) is 3.89. The number of ether oxygens (including phenoxy) is 1. The van der Waals surface area contributed by atoms with E-state index in [1.165, 1.54) is 29.2 Å². The third-order valence-electron chi connectivity index (χ3n) is 4.19. The van der Waals surface area contributed by atoms with Gasteiger partial charge in [-0.05, 0) is 30.7 Å². The zero-order chi connectivity index (χ0) is 19.4. The first kappa shape index (κ1) is 18.4. The highest BCUT2D eigenvalue weighted by molar-refractivity contribution is 6.08. The lowest BCUT2D eigenvalue weighted by Gasteiger charge is -2.34. The van der Waals surface area contributed by atoms with Crippen molar-refractivity contribution in [2.45, 2.75) is 19.4 Å². The van der Waals surface area contributed by atoms with Gasteiger partial charge in [0.2, 0.25) is 0 Å². The highest BCUT2D eigenvalue weighted by Gasteiger charge is 2.34. The summed E-state index contributed by atoms with van der Waals surface area (Å²) >= 11 is 0. The molecule has 3 rings (SSSR count). The molecule has 0 saturated carbocycles. The molecule has 1 aliphatic heterocycles. The molecule has 0 fully saturated rings. The van der Waals surface area contributed by atoms with E-state index in [9.17, 15) is 19.7 Å². The predicted molar refractivity (Wildman–Crippen MR) is 98.9 cm³/mol. The van der Waals surface area contributed by atoms with E-state index in [4.69, 9.17) is 4.74 Å². The average Bonchev–Trinajstić information content (AvgIpc) is 2.70. The summed E-state index contributed by atoms with van der Waals surface area (Å²) in [7, 11) is 0. The third-order valence-corrected chi connectivity index (χ3v) is 4.19. The van der Waals surface area contributed by atoms with Gasteiger partial charge in [0.1, 0.15) is 5.75 Å². The Labute approximate surface area is 155 Å². The van der Waals surface area contributed by atoms with Gasteiger partial charge in [-0.15, -0.1) is 0 Å². The van der Waals surface area contributed by atoms with Crippen LogP contribution in [0.1, 0.15) is 23.7 Å². The SMILES string of the molecule is CCCNC(=O)[C@H]1CN(C(=O)c2ccc([N+](=O)[O-])cc2)c2ccccc2O1. The summed E-state index contributed by atoms with van der Waals surface area (Å²) < 4.78 is 5.76. The minimum absolute atomic E-state index is 0.0579. The Morgan fingerprint density at radius 2 is 1.93 bits per heavy atom. The number of nitro groups is 1. The quantitative estimate of drug-likeness (QED) is 0.644. The molecule has 140 valence electrons. The molecule has 2 aromatic carbocycles. The molecule has 1 atom stereocenters. The molecular weight excluding hydrogens is 350 g/mol. The summed E-state index contributed by atoms with van der Waals surface area (Å²) in [6.07, 6.45) is -0.0334. The van der Waals surface area contributed by atoms with Crippen LogP contribution in [0.2, 0.25) is 0 Å². The molecule has 0 aliphatic carbocycles. The van der Waals surface area contributed by atoms with Crippen molar-refractivity contribution in [3.05, 3.63) is 64.2 Å². The van der Waals surface area contributed by atoms with Crippen LogP contribution in [0.25, 0.3) is 0 Å². The zero-order valence-electron chi connectivity index (χ0n) is 14.8. The maximum atomic E-state index is 13.0. The number of non-ortho nitro benzene ring substituents is 1. The summed E-state index contributed by atoms with van der Waals surface area (Å²) in [5, 5.41) is 13.6. The van der Waals surface area contributed by atoms with E-state index in [-0.39, 0.29) is 24.0 Å². The van der Waals surface area contributed by atoms with Gasteiger partial charge in [0.25, 0.3) is 17.5 Å². The summed E-state index contributed by atoms with van der Waals surface area (Å²) in [5.74, 6) is -0.197. The van der Waals surface area contributed by atoms with Crippen molar-refractivity contribution in [2.75, 3.05) is 18.0 Å². The van der Waals surface area contributed by atoms with E-state index in [2.05, 4.69) is 5.32 Å². The molecule has 0 aromatic heterocycles. The average molecular weight is 369 g/mol. The number of amides is 2. The van der Waals surface area contributed by atoms with Gasteiger partial charge in [-0.25, -0.2) is 0 Å². The lowest BCUT2D eigenvalue weighted by Crippen LogP contribution is -2.50. The fraction of sp³-hybridized carbons (Fsp3) is 0.263. The Kier molecular flexibility index (Phi) is 5.35. The lowest BCUT2D eigenvalue weighted by molar-refractivity contribution is -0.384. The molecule has 1 aliphatic rings. The van der Waals surface area contributed by atoms with E-state index >= 15 is 0 Å². The predicted octanol–water partition coefficient (Wildman–Crippen LogP) is 2.53. The smallest absolute Gasteiger partial charge is 0.269 e. The molecule has 0 spiro atoms. The van der Waals surface area contributed by atoms with Crippen LogP contribution >= 0.6 is 0 Å². The number of para-hydroxylation sites is 2. The Bertz CT molecular complexity index is 866. The first-order valence-electron chi connectivity index (χ1n) is 8.61. The van der Waals surface area contributed by atoms with Gasteiger partial charge < -0.3 is 15.0 Å². The number of hydrogen-bond donors (Lipinski definition) is 1. The molecule has 2 amide bonds. The number of benzene rings is 2. The molecule has 1 N–H and O–H groups in total. The summed E-state index contributed by atoms with van der Waals surface area (Å²) in [6.45, 7) is 2.53. The van der Waals surface area contributed by atoms with Gasteiger partial charge >= 0.3 is 0 Å². The van der Waals surface area contributed by atoms with E-state index in [0.717, 1.165) is 6.42 Å². The van der Waals surface area contributed by atoms with Gasteiger partial charge in [0.05, 0.1) is 17.2 Å². The topological polar surface area (TPSA) is 102 Å². The summed E-state index contributed by atoms with van der Waals surface area (Å²) in [4.78, 5) is 37.1. The number of nitro benzene ring substituents is 1. The molecule has 0 radical (unpaired) electrons. The highest BCUT2D eigenvalue weighted by Crippen LogP contribution is 2.34. The molecular formula is C19H19N3O5. The van der Waals surface area contributed by atoms with Gasteiger partial charge in [0.15, 0.2) is 6.10 Å². The Morgan fingerprint density at radius 3 is 2.59 bits per heavy atom. The van der Waals surface area contributed by atoms with E-state index in [0.29, 0.717) is 23.5 Å². The number of rotatable bonds is 5. The molecule has 1 heterocycles. The van der Waals surface area contributed by atoms with Gasteiger partial charge in [-0.2, -0.15) is 0 Å². The number of nitrogens with zero attached hydrogens (tertiary/aromatic N) is 2. The van der Waals surface area contributed by atoms with Crippen LogP contribution in [0.3, 0.4) is 0 Å². The van der Waals surface area contributed by atoms with Crippen LogP contribution < -0.4 is 15.0 Å². The van der Waals surface area contributed by atoms with Gasteiger partial charge in [-0.3, -0.25) is 19.7 Å². The van der Waals surface area contributed by atoms with E-state index < -0.39 is 11.0 Å². The normalized spacial score (nSPS) is 15.4. The molecule has 27 heavy (non-hydrogen) atoms.